The Morgan fingerprint density at radius 1 is 1.13 bits per heavy atom. The molecule has 0 spiro atoms. The maximum atomic E-state index is 13.0. The van der Waals surface area contributed by atoms with Gasteiger partial charge in [0.15, 0.2) is 0 Å². The van der Waals surface area contributed by atoms with Crippen molar-refractivity contribution >= 4 is 45.0 Å². The number of hydrogen-bond donors (Lipinski definition) is 1. The summed E-state index contributed by atoms with van der Waals surface area (Å²) in [6, 6.07) is 11.9. The fourth-order valence-corrected chi connectivity index (χ4v) is 5.80. The van der Waals surface area contributed by atoms with Crippen LogP contribution < -0.4 is 10.1 Å². The second-order valence-corrected chi connectivity index (χ2v) is 10.3. The zero-order valence-corrected chi connectivity index (χ0v) is 19.2. The molecule has 1 saturated heterocycles. The van der Waals surface area contributed by atoms with Crippen LogP contribution in [0, 0.1) is 0 Å². The fourth-order valence-electron chi connectivity index (χ4n) is 3.26. The molecule has 0 aliphatic carbocycles. The minimum Gasteiger partial charge on any atom is -0.496 e. The first-order valence-electron chi connectivity index (χ1n) is 9.77. The Kier molecular flexibility index (Phi) is 8.05. The van der Waals surface area contributed by atoms with Gasteiger partial charge in [-0.1, -0.05) is 36.6 Å². The van der Waals surface area contributed by atoms with Gasteiger partial charge in [-0.3, -0.25) is 4.79 Å². The minimum atomic E-state index is -3.62. The van der Waals surface area contributed by atoms with E-state index in [1.807, 2.05) is 24.3 Å². The lowest BCUT2D eigenvalue weighted by atomic mass is 10.2. The highest BCUT2D eigenvalue weighted by molar-refractivity contribution is 8.00. The molecule has 9 heteroatoms. The summed E-state index contributed by atoms with van der Waals surface area (Å²) in [5.74, 6) is 0.552. The average molecular weight is 469 g/mol. The molecule has 3 rings (SSSR count). The second kappa shape index (κ2) is 10.5. The van der Waals surface area contributed by atoms with Crippen molar-refractivity contribution in [3.8, 4) is 5.75 Å². The maximum Gasteiger partial charge on any atom is 0.243 e. The van der Waals surface area contributed by atoms with Gasteiger partial charge in [0, 0.05) is 18.0 Å². The predicted molar refractivity (Wildman–Crippen MR) is 121 cm³/mol. The van der Waals surface area contributed by atoms with E-state index in [0.717, 1.165) is 30.6 Å². The second-order valence-electron chi connectivity index (χ2n) is 6.95. The number of ether oxygens (including phenoxy) is 1. The van der Waals surface area contributed by atoms with Crippen molar-refractivity contribution in [1.29, 1.82) is 0 Å². The van der Waals surface area contributed by atoms with Crippen molar-refractivity contribution in [3.63, 3.8) is 0 Å². The Labute approximate surface area is 187 Å². The topological polar surface area (TPSA) is 75.7 Å². The summed E-state index contributed by atoms with van der Waals surface area (Å²) >= 11 is 7.55. The van der Waals surface area contributed by atoms with Crippen molar-refractivity contribution in [3.05, 3.63) is 47.5 Å². The van der Waals surface area contributed by atoms with Gasteiger partial charge in [0.05, 0.1) is 28.5 Å². The van der Waals surface area contributed by atoms with Crippen LogP contribution in [0.1, 0.15) is 25.7 Å². The van der Waals surface area contributed by atoms with E-state index in [2.05, 4.69) is 5.32 Å². The molecule has 1 N–H and O–H groups in total. The number of rotatable bonds is 7. The van der Waals surface area contributed by atoms with Crippen LogP contribution in [-0.2, 0) is 14.8 Å². The number of anilines is 1. The first kappa shape index (κ1) is 22.9. The Bertz CT molecular complexity index is 990. The summed E-state index contributed by atoms with van der Waals surface area (Å²) in [5.41, 5.74) is 0.290. The van der Waals surface area contributed by atoms with E-state index in [-0.39, 0.29) is 22.2 Å². The van der Waals surface area contributed by atoms with E-state index in [1.165, 1.54) is 34.3 Å². The smallest absolute Gasteiger partial charge is 0.243 e. The largest absolute Gasteiger partial charge is 0.496 e. The van der Waals surface area contributed by atoms with Crippen molar-refractivity contribution in [2.75, 3.05) is 31.3 Å². The van der Waals surface area contributed by atoms with Crippen LogP contribution in [0.15, 0.2) is 52.3 Å². The molecule has 162 valence electrons. The zero-order valence-electron chi connectivity index (χ0n) is 16.8. The maximum absolute atomic E-state index is 13.0. The molecule has 2 aromatic rings. The molecule has 1 amide bonds. The molecule has 6 nitrogen and oxygen atoms in total. The van der Waals surface area contributed by atoms with Crippen LogP contribution in [0.25, 0.3) is 0 Å². The van der Waals surface area contributed by atoms with Crippen LogP contribution in [0.2, 0.25) is 5.02 Å². The van der Waals surface area contributed by atoms with Gasteiger partial charge < -0.3 is 10.1 Å². The van der Waals surface area contributed by atoms with Gasteiger partial charge in [0.2, 0.25) is 15.9 Å². The average Bonchev–Trinajstić information content (AvgIpc) is 3.04. The number of para-hydroxylation sites is 1. The first-order chi connectivity index (χ1) is 14.4. The molecule has 0 bridgehead atoms. The van der Waals surface area contributed by atoms with Crippen LogP contribution >= 0.6 is 23.4 Å². The number of hydrogen-bond acceptors (Lipinski definition) is 5. The first-order valence-corrected chi connectivity index (χ1v) is 12.6. The standard InChI is InChI=1S/C21H25ClN2O4S2/c1-28-19-8-4-5-9-20(19)29-15-21(25)23-18-14-16(10-11-17(18)22)30(26,27)24-12-6-2-3-7-13-24/h4-5,8-11,14H,2-3,6-7,12-13,15H2,1H3,(H,23,25). The number of benzene rings is 2. The Morgan fingerprint density at radius 2 is 1.83 bits per heavy atom. The number of methoxy groups -OCH3 is 1. The summed E-state index contributed by atoms with van der Waals surface area (Å²) in [7, 11) is -2.04. The molecule has 1 aliphatic heterocycles. The van der Waals surface area contributed by atoms with E-state index in [4.69, 9.17) is 16.3 Å². The van der Waals surface area contributed by atoms with Crippen molar-refractivity contribution in [2.24, 2.45) is 0 Å². The summed E-state index contributed by atoms with van der Waals surface area (Å²) in [4.78, 5) is 13.4. The lowest BCUT2D eigenvalue weighted by Gasteiger charge is -2.20. The normalized spacial score (nSPS) is 15.4. The Balaban J connectivity index is 1.71. The number of sulfonamides is 1. The number of thioether (sulfide) groups is 1. The Hall–Kier alpha value is -1.74. The van der Waals surface area contributed by atoms with E-state index in [1.54, 1.807) is 7.11 Å². The number of nitrogens with zero attached hydrogens (tertiary/aromatic N) is 1. The molecule has 1 fully saturated rings. The van der Waals surface area contributed by atoms with Gasteiger partial charge in [0.1, 0.15) is 5.75 Å². The van der Waals surface area contributed by atoms with Crippen LogP contribution in [0.3, 0.4) is 0 Å². The molecule has 0 unspecified atom stereocenters. The van der Waals surface area contributed by atoms with Crippen molar-refractivity contribution in [1.82, 2.24) is 4.31 Å². The van der Waals surface area contributed by atoms with Gasteiger partial charge in [-0.15, -0.1) is 11.8 Å². The van der Waals surface area contributed by atoms with Gasteiger partial charge in [-0.25, -0.2) is 8.42 Å². The third-order valence-corrected chi connectivity index (χ3v) is 8.12. The predicted octanol–water partition coefficient (Wildman–Crippen LogP) is 4.64. The summed E-state index contributed by atoms with van der Waals surface area (Å²) in [5, 5.41) is 3.02. The summed E-state index contributed by atoms with van der Waals surface area (Å²) < 4.78 is 32.9. The molecule has 1 aliphatic rings. The quantitative estimate of drug-likeness (QED) is 0.599. The highest BCUT2D eigenvalue weighted by Gasteiger charge is 2.26. The van der Waals surface area contributed by atoms with E-state index in [9.17, 15) is 13.2 Å². The summed E-state index contributed by atoms with van der Waals surface area (Å²) in [6.07, 6.45) is 3.79. The van der Waals surface area contributed by atoms with E-state index < -0.39 is 10.0 Å². The fraction of sp³-hybridized carbons (Fsp3) is 0.381. The number of carbonyl (C=O) groups is 1. The molecule has 30 heavy (non-hydrogen) atoms. The Morgan fingerprint density at radius 3 is 2.53 bits per heavy atom. The highest BCUT2D eigenvalue weighted by atomic mass is 35.5. The minimum absolute atomic E-state index is 0.139. The molecular weight excluding hydrogens is 444 g/mol. The van der Waals surface area contributed by atoms with Crippen LogP contribution in [0.5, 0.6) is 5.75 Å². The van der Waals surface area contributed by atoms with Gasteiger partial charge in [0.25, 0.3) is 0 Å². The monoisotopic (exact) mass is 468 g/mol. The van der Waals surface area contributed by atoms with E-state index in [0.29, 0.717) is 23.9 Å². The highest BCUT2D eigenvalue weighted by Crippen LogP contribution is 2.30. The van der Waals surface area contributed by atoms with Crippen LogP contribution in [-0.4, -0.2) is 44.6 Å². The molecule has 0 saturated carbocycles. The van der Waals surface area contributed by atoms with Gasteiger partial charge >= 0.3 is 0 Å². The van der Waals surface area contributed by atoms with Gasteiger partial charge in [-0.2, -0.15) is 4.31 Å². The molecule has 2 aromatic carbocycles. The molecule has 0 aromatic heterocycles. The summed E-state index contributed by atoms with van der Waals surface area (Å²) in [6.45, 7) is 1.03. The molecule has 0 atom stereocenters. The third-order valence-electron chi connectivity index (χ3n) is 4.84. The van der Waals surface area contributed by atoms with Crippen molar-refractivity contribution < 1.29 is 17.9 Å². The van der Waals surface area contributed by atoms with Crippen molar-refractivity contribution in [2.45, 2.75) is 35.5 Å². The van der Waals surface area contributed by atoms with Gasteiger partial charge in [-0.05, 0) is 43.2 Å². The zero-order chi connectivity index (χ0) is 21.6. The number of nitrogens with one attached hydrogen (secondary N) is 1. The van der Waals surface area contributed by atoms with E-state index >= 15 is 0 Å². The molecule has 0 radical (unpaired) electrons. The number of carbonyl (C=O) groups excluding carboxylic acids is 1. The molecular formula is C21H25ClN2O4S2. The number of halogens is 1. The molecule has 1 heterocycles. The third kappa shape index (κ3) is 5.69. The number of amides is 1. The lowest BCUT2D eigenvalue weighted by Crippen LogP contribution is -2.32. The SMILES string of the molecule is COc1ccccc1SCC(=O)Nc1cc(S(=O)(=O)N2CCCCCC2)ccc1Cl. The lowest BCUT2D eigenvalue weighted by molar-refractivity contribution is -0.113. The van der Waals surface area contributed by atoms with Crippen LogP contribution in [0.4, 0.5) is 5.69 Å².